The van der Waals surface area contributed by atoms with E-state index in [-0.39, 0.29) is 35.6 Å². The average Bonchev–Trinajstić information content (AvgIpc) is 3.10. The molecule has 3 rings (SSSR count). The Morgan fingerprint density at radius 2 is 2.20 bits per heavy atom. The van der Waals surface area contributed by atoms with Gasteiger partial charge in [0.2, 0.25) is 10.0 Å². The molecule has 0 fully saturated rings. The van der Waals surface area contributed by atoms with Crippen molar-refractivity contribution in [1.29, 1.82) is 0 Å². The summed E-state index contributed by atoms with van der Waals surface area (Å²) in [6.07, 6.45) is 0.917. The number of sulfonamides is 1. The third kappa shape index (κ3) is 4.18. The largest absolute Gasteiger partial charge is 0.464 e. The normalized spacial score (nSPS) is 16.6. The minimum absolute atomic E-state index is 0. The third-order valence-corrected chi connectivity index (χ3v) is 6.11. The molecular weight excluding hydrogens is 386 g/mol. The van der Waals surface area contributed by atoms with Gasteiger partial charge in [0.1, 0.15) is 4.90 Å². The van der Waals surface area contributed by atoms with Gasteiger partial charge in [-0.3, -0.25) is 0 Å². The standard InChI is InChI=1S/C15H17N3O4S2.ClH/c1-22-15(19)14-13(9-23-18-14)24(20,21)17-8-12-11-5-3-2-4-10(11)6-7-16-12;/h2-5,9,12,16-17H,6-8H2,1H3;1H. The number of fused-ring (bicyclic) bond motifs is 1. The first-order valence-electron chi connectivity index (χ1n) is 7.36. The van der Waals surface area contributed by atoms with Crippen molar-refractivity contribution < 1.29 is 17.9 Å². The van der Waals surface area contributed by atoms with Crippen molar-refractivity contribution in [2.24, 2.45) is 0 Å². The average molecular weight is 404 g/mol. The van der Waals surface area contributed by atoms with Crippen LogP contribution in [-0.4, -0.2) is 39.0 Å². The van der Waals surface area contributed by atoms with Crippen molar-refractivity contribution in [3.63, 3.8) is 0 Å². The molecule has 1 atom stereocenters. The summed E-state index contributed by atoms with van der Waals surface area (Å²) in [7, 11) is -2.66. The molecule has 1 aliphatic rings. The van der Waals surface area contributed by atoms with E-state index in [1.807, 2.05) is 18.2 Å². The molecule has 7 nitrogen and oxygen atoms in total. The molecule has 0 saturated heterocycles. The van der Waals surface area contributed by atoms with Crippen LogP contribution in [-0.2, 0) is 21.2 Å². The van der Waals surface area contributed by atoms with Gasteiger partial charge >= 0.3 is 5.97 Å². The zero-order valence-corrected chi connectivity index (χ0v) is 15.8. The number of rotatable bonds is 5. The summed E-state index contributed by atoms with van der Waals surface area (Å²) in [5.41, 5.74) is 2.11. The van der Waals surface area contributed by atoms with E-state index >= 15 is 0 Å². The molecule has 2 N–H and O–H groups in total. The summed E-state index contributed by atoms with van der Waals surface area (Å²) in [5.74, 6) is -0.766. The predicted molar refractivity (Wildman–Crippen MR) is 96.8 cm³/mol. The van der Waals surface area contributed by atoms with Gasteiger partial charge < -0.3 is 10.1 Å². The topological polar surface area (TPSA) is 97.4 Å². The Hall–Kier alpha value is -1.52. The van der Waals surface area contributed by atoms with Crippen LogP contribution in [0, 0.1) is 0 Å². The molecule has 136 valence electrons. The van der Waals surface area contributed by atoms with Crippen molar-refractivity contribution in [2.45, 2.75) is 17.4 Å². The van der Waals surface area contributed by atoms with Crippen LogP contribution in [0.3, 0.4) is 0 Å². The van der Waals surface area contributed by atoms with Crippen molar-refractivity contribution in [1.82, 2.24) is 14.4 Å². The quantitative estimate of drug-likeness (QED) is 0.734. The number of nitrogens with zero attached hydrogens (tertiary/aromatic N) is 1. The van der Waals surface area contributed by atoms with Gasteiger partial charge in [0.25, 0.3) is 0 Å². The molecule has 0 aliphatic carbocycles. The molecule has 0 saturated carbocycles. The first-order valence-corrected chi connectivity index (χ1v) is 9.68. The maximum absolute atomic E-state index is 12.5. The highest BCUT2D eigenvalue weighted by Crippen LogP contribution is 2.23. The van der Waals surface area contributed by atoms with Crippen molar-refractivity contribution >= 4 is 39.9 Å². The first-order chi connectivity index (χ1) is 11.5. The summed E-state index contributed by atoms with van der Waals surface area (Å²) in [6.45, 7) is 0.979. The second-order valence-electron chi connectivity index (χ2n) is 5.33. The first kappa shape index (κ1) is 19.8. The molecule has 1 aromatic carbocycles. The van der Waals surface area contributed by atoms with Crippen LogP contribution >= 0.6 is 23.9 Å². The molecule has 2 aromatic rings. The lowest BCUT2D eigenvalue weighted by molar-refractivity contribution is 0.0591. The van der Waals surface area contributed by atoms with Crippen LogP contribution in [0.5, 0.6) is 0 Å². The van der Waals surface area contributed by atoms with Gasteiger partial charge in [0.15, 0.2) is 5.69 Å². The Morgan fingerprint density at radius 1 is 1.44 bits per heavy atom. The van der Waals surface area contributed by atoms with Crippen LogP contribution in [0.4, 0.5) is 0 Å². The summed E-state index contributed by atoms with van der Waals surface area (Å²) >= 11 is 0.901. The van der Waals surface area contributed by atoms with E-state index in [1.54, 1.807) is 0 Å². The Bertz CT molecular complexity index is 854. The van der Waals surface area contributed by atoms with E-state index < -0.39 is 16.0 Å². The van der Waals surface area contributed by atoms with Gasteiger partial charge in [0, 0.05) is 18.0 Å². The Balaban J connectivity index is 0.00000225. The molecule has 10 heteroatoms. The number of hydrogen-bond acceptors (Lipinski definition) is 7. The number of ether oxygens (including phenoxy) is 1. The van der Waals surface area contributed by atoms with Crippen LogP contribution < -0.4 is 10.0 Å². The lowest BCUT2D eigenvalue weighted by Crippen LogP contribution is -2.39. The number of nitrogens with one attached hydrogen (secondary N) is 2. The number of benzene rings is 1. The second-order valence-corrected chi connectivity index (χ2v) is 7.69. The fourth-order valence-corrected chi connectivity index (χ4v) is 4.86. The van der Waals surface area contributed by atoms with Gasteiger partial charge in [-0.05, 0) is 35.6 Å². The van der Waals surface area contributed by atoms with Crippen LogP contribution in [0.15, 0.2) is 34.5 Å². The molecule has 0 bridgehead atoms. The van der Waals surface area contributed by atoms with Crippen LogP contribution in [0.1, 0.15) is 27.7 Å². The highest BCUT2D eigenvalue weighted by atomic mass is 35.5. The lowest BCUT2D eigenvalue weighted by atomic mass is 9.95. The molecule has 1 aromatic heterocycles. The van der Waals surface area contributed by atoms with Crippen molar-refractivity contribution in [3.8, 4) is 0 Å². The highest BCUT2D eigenvalue weighted by molar-refractivity contribution is 7.89. The van der Waals surface area contributed by atoms with E-state index in [0.29, 0.717) is 0 Å². The van der Waals surface area contributed by atoms with Gasteiger partial charge in [-0.15, -0.1) is 12.4 Å². The lowest BCUT2D eigenvalue weighted by Gasteiger charge is -2.27. The number of carbonyl (C=O) groups excluding carboxylic acids is 1. The Morgan fingerprint density at radius 3 is 2.96 bits per heavy atom. The fraction of sp³-hybridized carbons (Fsp3) is 0.333. The molecule has 2 heterocycles. The molecular formula is C15H18ClN3O4S2. The predicted octanol–water partition coefficient (Wildman–Crippen LogP) is 1.52. The number of hydrogen-bond donors (Lipinski definition) is 2. The summed E-state index contributed by atoms with van der Waals surface area (Å²) in [6, 6.07) is 7.84. The summed E-state index contributed by atoms with van der Waals surface area (Å²) < 4.78 is 36.0. The molecule has 0 radical (unpaired) electrons. The number of methoxy groups -OCH3 is 1. The Kier molecular flexibility index (Phi) is 6.53. The van der Waals surface area contributed by atoms with E-state index in [4.69, 9.17) is 0 Å². The highest BCUT2D eigenvalue weighted by Gasteiger charge is 2.28. The fourth-order valence-electron chi connectivity index (χ4n) is 2.70. The van der Waals surface area contributed by atoms with E-state index in [1.165, 1.54) is 18.1 Å². The zero-order chi connectivity index (χ0) is 17.2. The van der Waals surface area contributed by atoms with Crippen molar-refractivity contribution in [3.05, 3.63) is 46.5 Å². The number of aromatic nitrogens is 1. The smallest absolute Gasteiger partial charge is 0.359 e. The number of carbonyl (C=O) groups is 1. The van der Waals surface area contributed by atoms with Crippen LogP contribution in [0.25, 0.3) is 0 Å². The van der Waals surface area contributed by atoms with Crippen molar-refractivity contribution in [2.75, 3.05) is 20.2 Å². The summed E-state index contributed by atoms with van der Waals surface area (Å²) in [4.78, 5) is 11.5. The molecule has 25 heavy (non-hydrogen) atoms. The van der Waals surface area contributed by atoms with E-state index in [0.717, 1.165) is 30.1 Å². The third-order valence-electron chi connectivity index (χ3n) is 3.90. The molecule has 0 spiro atoms. The summed E-state index contributed by atoms with van der Waals surface area (Å²) in [5, 5.41) is 4.64. The van der Waals surface area contributed by atoms with Gasteiger partial charge in [0.05, 0.1) is 7.11 Å². The number of halogens is 1. The minimum Gasteiger partial charge on any atom is -0.464 e. The SMILES string of the molecule is COC(=O)c1nscc1S(=O)(=O)NCC1NCCc2ccccc21.Cl. The zero-order valence-electron chi connectivity index (χ0n) is 13.4. The van der Waals surface area contributed by atoms with Crippen LogP contribution in [0.2, 0.25) is 0 Å². The molecule has 1 unspecified atom stereocenters. The Labute approximate surface area is 156 Å². The number of esters is 1. The maximum Gasteiger partial charge on any atom is 0.359 e. The molecule has 1 aliphatic heterocycles. The monoisotopic (exact) mass is 403 g/mol. The molecule has 0 amide bonds. The van der Waals surface area contributed by atoms with Gasteiger partial charge in [-0.1, -0.05) is 24.3 Å². The van der Waals surface area contributed by atoms with Gasteiger partial charge in [-0.2, -0.15) is 4.37 Å². The second kappa shape index (κ2) is 8.24. The maximum atomic E-state index is 12.5. The van der Waals surface area contributed by atoms with E-state index in [2.05, 4.69) is 25.2 Å². The minimum atomic E-state index is -3.85. The van der Waals surface area contributed by atoms with Gasteiger partial charge in [-0.25, -0.2) is 17.9 Å². The van der Waals surface area contributed by atoms with E-state index in [9.17, 15) is 13.2 Å².